The van der Waals surface area contributed by atoms with Gasteiger partial charge < -0.3 is 9.64 Å². The Bertz CT molecular complexity index is 1070. The first-order valence-electron chi connectivity index (χ1n) is 10.2. The molecule has 0 N–H and O–H groups in total. The first-order chi connectivity index (χ1) is 14.6. The molecule has 1 fully saturated rings. The van der Waals surface area contributed by atoms with Crippen LogP contribution in [0.4, 0.5) is 0 Å². The Morgan fingerprint density at radius 2 is 2.03 bits per heavy atom. The number of carbonyl (C=O) groups is 1. The maximum Gasteiger partial charge on any atom is 0.258 e. The number of aromatic nitrogens is 2. The maximum atomic E-state index is 12.5. The van der Waals surface area contributed by atoms with Crippen molar-refractivity contribution in [1.82, 2.24) is 19.2 Å². The molecule has 0 spiro atoms. The number of thiazole rings is 1. The molecule has 4 rings (SSSR count). The van der Waals surface area contributed by atoms with Gasteiger partial charge in [-0.1, -0.05) is 12.1 Å². The molecule has 0 atom stereocenters. The van der Waals surface area contributed by atoms with Crippen molar-refractivity contribution in [1.29, 1.82) is 0 Å². The van der Waals surface area contributed by atoms with Crippen LogP contribution in [0.3, 0.4) is 0 Å². The van der Waals surface area contributed by atoms with Gasteiger partial charge in [0.05, 0.1) is 12.3 Å². The zero-order valence-corrected chi connectivity index (χ0v) is 17.9. The van der Waals surface area contributed by atoms with Crippen LogP contribution in [0, 0.1) is 6.92 Å². The summed E-state index contributed by atoms with van der Waals surface area (Å²) in [4.78, 5) is 34.1. The summed E-state index contributed by atoms with van der Waals surface area (Å²) in [7, 11) is 0. The average molecular weight is 427 g/mol. The molecule has 0 saturated carbocycles. The van der Waals surface area contributed by atoms with Gasteiger partial charge in [-0.3, -0.25) is 18.9 Å². The molecule has 0 radical (unpaired) electrons. The number of benzene rings is 1. The van der Waals surface area contributed by atoms with Gasteiger partial charge in [0.2, 0.25) is 5.91 Å². The van der Waals surface area contributed by atoms with Gasteiger partial charge in [-0.2, -0.15) is 0 Å². The second-order valence-corrected chi connectivity index (χ2v) is 8.44. The van der Waals surface area contributed by atoms with E-state index in [2.05, 4.69) is 9.88 Å². The van der Waals surface area contributed by atoms with E-state index in [9.17, 15) is 9.59 Å². The lowest BCUT2D eigenvalue weighted by atomic mass is 10.2. The topological polar surface area (TPSA) is 67.2 Å². The lowest BCUT2D eigenvalue weighted by Crippen LogP contribution is -2.48. The Kier molecular flexibility index (Phi) is 6.44. The molecule has 1 aliphatic heterocycles. The highest BCUT2D eigenvalue weighted by atomic mass is 32.1. The molecule has 1 aliphatic rings. The van der Waals surface area contributed by atoms with Crippen LogP contribution < -0.4 is 10.3 Å². The van der Waals surface area contributed by atoms with Gasteiger partial charge in [0.25, 0.3) is 5.56 Å². The summed E-state index contributed by atoms with van der Waals surface area (Å²) in [5.41, 5.74) is 1.91. The number of aryl methyl sites for hydroxylation is 1. The Labute approximate surface area is 179 Å². The number of nitrogens with zero attached hydrogens (tertiary/aromatic N) is 4. The van der Waals surface area contributed by atoms with Crippen molar-refractivity contribution >= 4 is 22.2 Å². The van der Waals surface area contributed by atoms with E-state index in [0.717, 1.165) is 35.1 Å². The minimum Gasteiger partial charge on any atom is -0.494 e. The van der Waals surface area contributed by atoms with E-state index in [1.54, 1.807) is 16.7 Å². The van der Waals surface area contributed by atoms with E-state index in [1.807, 2.05) is 41.5 Å². The van der Waals surface area contributed by atoms with Crippen LogP contribution in [0.15, 0.2) is 46.7 Å². The zero-order chi connectivity index (χ0) is 20.9. The van der Waals surface area contributed by atoms with Crippen molar-refractivity contribution in [2.24, 2.45) is 0 Å². The van der Waals surface area contributed by atoms with E-state index in [4.69, 9.17) is 4.74 Å². The van der Waals surface area contributed by atoms with E-state index in [0.29, 0.717) is 39.1 Å². The average Bonchev–Trinajstić information content (AvgIpc) is 3.21. The van der Waals surface area contributed by atoms with Crippen LogP contribution in [0.1, 0.15) is 24.1 Å². The molecule has 0 unspecified atom stereocenters. The molecule has 1 saturated heterocycles. The van der Waals surface area contributed by atoms with Crippen LogP contribution in [-0.4, -0.2) is 57.9 Å². The van der Waals surface area contributed by atoms with E-state index in [-0.39, 0.29) is 11.5 Å². The lowest BCUT2D eigenvalue weighted by Gasteiger charge is -2.34. The van der Waals surface area contributed by atoms with Gasteiger partial charge in [0.15, 0.2) is 4.96 Å². The number of amides is 1. The molecule has 0 bridgehead atoms. The van der Waals surface area contributed by atoms with Crippen LogP contribution >= 0.6 is 11.3 Å². The minimum absolute atomic E-state index is 0.0436. The van der Waals surface area contributed by atoms with Gasteiger partial charge >= 0.3 is 0 Å². The summed E-state index contributed by atoms with van der Waals surface area (Å²) >= 11 is 1.46. The summed E-state index contributed by atoms with van der Waals surface area (Å²) in [6.07, 6.45) is 2.95. The largest absolute Gasteiger partial charge is 0.494 e. The Hall–Kier alpha value is -2.71. The number of rotatable bonds is 7. The van der Waals surface area contributed by atoms with Crippen molar-refractivity contribution in [3.05, 3.63) is 63.5 Å². The third-order valence-corrected chi connectivity index (χ3v) is 6.02. The number of piperazine rings is 1. The molecule has 1 aromatic carbocycles. The number of fused-ring (bicyclic) bond motifs is 1. The first-order valence-corrected chi connectivity index (χ1v) is 11.1. The number of carbonyl (C=O) groups excluding carboxylic acids is 1. The van der Waals surface area contributed by atoms with Gasteiger partial charge in [-0.25, -0.2) is 4.98 Å². The molecular weight excluding hydrogens is 400 g/mol. The smallest absolute Gasteiger partial charge is 0.258 e. The second-order valence-electron chi connectivity index (χ2n) is 7.57. The van der Waals surface area contributed by atoms with Crippen LogP contribution in [0.5, 0.6) is 5.75 Å². The Morgan fingerprint density at radius 3 is 2.83 bits per heavy atom. The fraction of sp³-hybridized carbons (Fsp3) is 0.409. The van der Waals surface area contributed by atoms with Gasteiger partial charge in [0, 0.05) is 56.8 Å². The highest BCUT2D eigenvalue weighted by Crippen LogP contribution is 2.14. The zero-order valence-electron chi connectivity index (χ0n) is 17.1. The molecule has 2 aromatic heterocycles. The lowest BCUT2D eigenvalue weighted by molar-refractivity contribution is -0.133. The van der Waals surface area contributed by atoms with Crippen molar-refractivity contribution in [3.63, 3.8) is 0 Å². The summed E-state index contributed by atoms with van der Waals surface area (Å²) in [5.74, 6) is 1.03. The van der Waals surface area contributed by atoms with Crippen LogP contribution in [-0.2, 0) is 11.3 Å². The maximum absolute atomic E-state index is 12.5. The van der Waals surface area contributed by atoms with Crippen molar-refractivity contribution in [2.45, 2.75) is 26.3 Å². The fourth-order valence-corrected chi connectivity index (χ4v) is 4.37. The fourth-order valence-electron chi connectivity index (χ4n) is 3.63. The highest BCUT2D eigenvalue weighted by molar-refractivity contribution is 7.15. The number of ether oxygens (including phenoxy) is 1. The van der Waals surface area contributed by atoms with Gasteiger partial charge in [-0.15, -0.1) is 11.3 Å². The molecule has 30 heavy (non-hydrogen) atoms. The number of hydrogen-bond acceptors (Lipinski definition) is 6. The summed E-state index contributed by atoms with van der Waals surface area (Å²) in [6.45, 7) is 6.20. The molecule has 7 nitrogen and oxygen atoms in total. The van der Waals surface area contributed by atoms with Gasteiger partial charge in [0.1, 0.15) is 5.75 Å². The predicted octanol–water partition coefficient (Wildman–Crippen LogP) is 2.57. The SMILES string of the molecule is Cc1cccc(OCCCC(=O)N2CCN(Cc3cc(=O)n4ccsc4n3)CC2)c1. The van der Waals surface area contributed by atoms with E-state index < -0.39 is 0 Å². The molecule has 8 heteroatoms. The molecule has 0 aliphatic carbocycles. The summed E-state index contributed by atoms with van der Waals surface area (Å²) in [5, 5.41) is 1.86. The second kappa shape index (κ2) is 9.40. The predicted molar refractivity (Wildman–Crippen MR) is 117 cm³/mol. The van der Waals surface area contributed by atoms with Crippen LogP contribution in [0.2, 0.25) is 0 Å². The molecule has 3 aromatic rings. The molecular formula is C22H26N4O3S. The minimum atomic E-state index is -0.0436. The molecule has 3 heterocycles. The summed E-state index contributed by atoms with van der Waals surface area (Å²) in [6, 6.07) is 9.55. The van der Waals surface area contributed by atoms with Crippen LogP contribution in [0.25, 0.3) is 4.96 Å². The van der Waals surface area contributed by atoms with Crippen molar-refractivity contribution in [3.8, 4) is 5.75 Å². The van der Waals surface area contributed by atoms with Crippen molar-refractivity contribution < 1.29 is 9.53 Å². The first kappa shape index (κ1) is 20.6. The summed E-state index contributed by atoms with van der Waals surface area (Å²) < 4.78 is 7.29. The van der Waals surface area contributed by atoms with Crippen molar-refractivity contribution in [2.75, 3.05) is 32.8 Å². The molecule has 1 amide bonds. The van der Waals surface area contributed by atoms with E-state index >= 15 is 0 Å². The standard InChI is InChI=1S/C22H26N4O3S/c1-17-4-2-5-19(14-17)29-12-3-6-20(27)25-9-7-24(8-10-25)16-18-15-21(28)26-11-13-30-22(26)23-18/h2,4-5,11,13-15H,3,6-10,12,16H2,1H3. The third-order valence-electron chi connectivity index (χ3n) is 5.26. The monoisotopic (exact) mass is 426 g/mol. The Balaban J connectivity index is 1.20. The van der Waals surface area contributed by atoms with E-state index in [1.165, 1.54) is 11.3 Å². The normalized spacial score (nSPS) is 14.9. The molecule has 158 valence electrons. The quantitative estimate of drug-likeness (QED) is 0.543. The van der Waals surface area contributed by atoms with Gasteiger partial charge in [-0.05, 0) is 31.0 Å². The number of hydrogen-bond donors (Lipinski definition) is 0. The Morgan fingerprint density at radius 1 is 1.20 bits per heavy atom. The third kappa shape index (κ3) is 5.06. The highest BCUT2D eigenvalue weighted by Gasteiger charge is 2.21.